The Kier molecular flexibility index (Phi) is 4.85. The van der Waals surface area contributed by atoms with Crippen LogP contribution < -0.4 is 5.32 Å². The van der Waals surface area contributed by atoms with Crippen molar-refractivity contribution in [1.82, 2.24) is 5.32 Å². The molecule has 0 aromatic heterocycles. The van der Waals surface area contributed by atoms with Crippen LogP contribution >= 0.6 is 0 Å². The number of hydrogen-bond donors (Lipinski definition) is 2. The summed E-state index contributed by atoms with van der Waals surface area (Å²) in [5, 5.41) is 12.6. The van der Waals surface area contributed by atoms with Crippen molar-refractivity contribution in [3.8, 4) is 0 Å². The zero-order chi connectivity index (χ0) is 10.6. The summed E-state index contributed by atoms with van der Waals surface area (Å²) >= 11 is 0. The van der Waals surface area contributed by atoms with E-state index < -0.39 is 0 Å². The molecular weight excluding hydrogens is 178 g/mol. The molecular formula is C11H23NO2. The first kappa shape index (κ1) is 12.0. The van der Waals surface area contributed by atoms with Crippen molar-refractivity contribution < 1.29 is 9.84 Å². The Balaban J connectivity index is 2.17. The van der Waals surface area contributed by atoms with E-state index in [4.69, 9.17) is 9.84 Å². The van der Waals surface area contributed by atoms with Gasteiger partial charge < -0.3 is 15.2 Å². The van der Waals surface area contributed by atoms with Crippen molar-refractivity contribution in [2.24, 2.45) is 0 Å². The van der Waals surface area contributed by atoms with Gasteiger partial charge in [0.25, 0.3) is 0 Å². The Morgan fingerprint density at radius 3 is 2.43 bits per heavy atom. The summed E-state index contributed by atoms with van der Waals surface area (Å²) in [4.78, 5) is 0. The van der Waals surface area contributed by atoms with Gasteiger partial charge in [-0.05, 0) is 46.6 Å². The van der Waals surface area contributed by atoms with Crippen LogP contribution in [-0.2, 0) is 4.74 Å². The third-order valence-electron chi connectivity index (χ3n) is 2.69. The maximum absolute atomic E-state index is 9.12. The molecule has 1 fully saturated rings. The van der Waals surface area contributed by atoms with Crippen molar-refractivity contribution in [2.75, 3.05) is 6.54 Å². The zero-order valence-electron chi connectivity index (χ0n) is 9.49. The molecule has 0 aromatic rings. The topological polar surface area (TPSA) is 41.5 Å². The van der Waals surface area contributed by atoms with Gasteiger partial charge in [0.1, 0.15) is 0 Å². The number of nitrogens with one attached hydrogen (secondary N) is 1. The minimum atomic E-state index is -0.197. The molecule has 0 saturated carbocycles. The maximum Gasteiger partial charge on any atom is 0.0565 e. The normalized spacial score (nSPS) is 35.6. The quantitative estimate of drug-likeness (QED) is 0.720. The number of aliphatic hydroxyl groups is 1. The highest BCUT2D eigenvalue weighted by Crippen LogP contribution is 2.18. The molecule has 14 heavy (non-hydrogen) atoms. The van der Waals surface area contributed by atoms with Gasteiger partial charge >= 0.3 is 0 Å². The summed E-state index contributed by atoms with van der Waals surface area (Å²) in [5.74, 6) is 0. The fraction of sp³-hybridized carbons (Fsp3) is 1.00. The molecule has 0 aliphatic carbocycles. The number of ether oxygens (including phenoxy) is 1. The molecule has 3 heteroatoms. The Labute approximate surface area is 86.8 Å². The Morgan fingerprint density at radius 2 is 1.93 bits per heavy atom. The molecule has 1 aliphatic heterocycles. The first-order valence-electron chi connectivity index (χ1n) is 5.65. The van der Waals surface area contributed by atoms with Gasteiger partial charge in [-0.25, -0.2) is 0 Å². The molecule has 0 spiro atoms. The highest BCUT2D eigenvalue weighted by Gasteiger charge is 2.23. The summed E-state index contributed by atoms with van der Waals surface area (Å²) < 4.78 is 5.65. The van der Waals surface area contributed by atoms with Crippen molar-refractivity contribution in [2.45, 2.75) is 64.4 Å². The van der Waals surface area contributed by atoms with Crippen LogP contribution in [-0.4, -0.2) is 36.0 Å². The van der Waals surface area contributed by atoms with E-state index in [2.05, 4.69) is 19.2 Å². The first-order chi connectivity index (χ1) is 6.58. The minimum Gasteiger partial charge on any atom is -0.393 e. The second kappa shape index (κ2) is 5.69. The third-order valence-corrected chi connectivity index (χ3v) is 2.69. The second-order valence-corrected chi connectivity index (χ2v) is 4.52. The highest BCUT2D eigenvalue weighted by atomic mass is 16.5. The predicted molar refractivity (Wildman–Crippen MR) is 57.3 cm³/mol. The highest BCUT2D eigenvalue weighted by molar-refractivity contribution is 4.78. The van der Waals surface area contributed by atoms with E-state index in [0.717, 1.165) is 25.8 Å². The van der Waals surface area contributed by atoms with Gasteiger partial charge in [0.15, 0.2) is 0 Å². The predicted octanol–water partition coefficient (Wildman–Crippen LogP) is 1.30. The van der Waals surface area contributed by atoms with Gasteiger partial charge in [-0.3, -0.25) is 0 Å². The van der Waals surface area contributed by atoms with Gasteiger partial charge in [-0.2, -0.15) is 0 Å². The van der Waals surface area contributed by atoms with Crippen LogP contribution in [0.25, 0.3) is 0 Å². The van der Waals surface area contributed by atoms with E-state index in [1.54, 1.807) is 0 Å². The minimum absolute atomic E-state index is 0.197. The van der Waals surface area contributed by atoms with Crippen molar-refractivity contribution in [3.05, 3.63) is 0 Å². The van der Waals surface area contributed by atoms with Gasteiger partial charge in [-0.15, -0.1) is 0 Å². The Morgan fingerprint density at radius 1 is 1.36 bits per heavy atom. The molecule has 3 nitrogen and oxygen atoms in total. The van der Waals surface area contributed by atoms with Crippen LogP contribution in [0.15, 0.2) is 0 Å². The lowest BCUT2D eigenvalue weighted by Gasteiger charge is -2.32. The van der Waals surface area contributed by atoms with E-state index in [0.29, 0.717) is 18.2 Å². The molecule has 1 heterocycles. The molecule has 84 valence electrons. The SMILES string of the molecule is C[C@@H](O)CCNC1C[C@H](C)O[C@@H](C)C1. The van der Waals surface area contributed by atoms with Crippen LogP contribution in [0.4, 0.5) is 0 Å². The fourth-order valence-electron chi connectivity index (χ4n) is 2.07. The zero-order valence-corrected chi connectivity index (χ0v) is 9.49. The molecule has 0 unspecified atom stereocenters. The average molecular weight is 201 g/mol. The van der Waals surface area contributed by atoms with E-state index in [9.17, 15) is 0 Å². The average Bonchev–Trinajstić information content (AvgIpc) is 2.01. The van der Waals surface area contributed by atoms with E-state index in [1.807, 2.05) is 6.92 Å². The summed E-state index contributed by atoms with van der Waals surface area (Å²) in [6.45, 7) is 6.98. The number of aliphatic hydroxyl groups excluding tert-OH is 1. The largest absolute Gasteiger partial charge is 0.393 e. The smallest absolute Gasteiger partial charge is 0.0565 e. The van der Waals surface area contributed by atoms with E-state index in [-0.39, 0.29) is 6.10 Å². The Hall–Kier alpha value is -0.120. The molecule has 1 saturated heterocycles. The van der Waals surface area contributed by atoms with Crippen LogP contribution in [0.3, 0.4) is 0 Å². The molecule has 0 aromatic carbocycles. The third kappa shape index (κ3) is 4.40. The van der Waals surface area contributed by atoms with E-state index >= 15 is 0 Å². The lowest BCUT2D eigenvalue weighted by molar-refractivity contribution is -0.0422. The molecule has 0 bridgehead atoms. The van der Waals surface area contributed by atoms with Gasteiger partial charge in [0, 0.05) is 6.04 Å². The molecule has 1 rings (SSSR count). The molecule has 2 N–H and O–H groups in total. The molecule has 0 radical (unpaired) electrons. The summed E-state index contributed by atoms with van der Waals surface area (Å²) in [5.41, 5.74) is 0. The summed E-state index contributed by atoms with van der Waals surface area (Å²) in [7, 11) is 0. The molecule has 3 atom stereocenters. The van der Waals surface area contributed by atoms with E-state index in [1.165, 1.54) is 0 Å². The standard InChI is InChI=1S/C11H23NO2/c1-8(13)4-5-12-11-6-9(2)14-10(3)7-11/h8-13H,4-7H2,1-3H3/t8-,9+,10+/m1/s1. The van der Waals surface area contributed by atoms with Crippen molar-refractivity contribution >= 4 is 0 Å². The number of rotatable bonds is 4. The maximum atomic E-state index is 9.12. The lowest BCUT2D eigenvalue weighted by atomic mass is 10.00. The second-order valence-electron chi connectivity index (χ2n) is 4.52. The fourth-order valence-corrected chi connectivity index (χ4v) is 2.07. The lowest BCUT2D eigenvalue weighted by Crippen LogP contribution is -2.42. The molecule has 1 aliphatic rings. The van der Waals surface area contributed by atoms with Crippen LogP contribution in [0.2, 0.25) is 0 Å². The van der Waals surface area contributed by atoms with Gasteiger partial charge in [-0.1, -0.05) is 0 Å². The van der Waals surface area contributed by atoms with Crippen LogP contribution in [0, 0.1) is 0 Å². The van der Waals surface area contributed by atoms with Crippen LogP contribution in [0.1, 0.15) is 40.0 Å². The summed E-state index contributed by atoms with van der Waals surface area (Å²) in [6.07, 6.45) is 3.54. The first-order valence-corrected chi connectivity index (χ1v) is 5.65. The van der Waals surface area contributed by atoms with Crippen LogP contribution in [0.5, 0.6) is 0 Å². The summed E-state index contributed by atoms with van der Waals surface area (Å²) in [6, 6.07) is 0.562. The number of hydrogen-bond acceptors (Lipinski definition) is 3. The monoisotopic (exact) mass is 201 g/mol. The van der Waals surface area contributed by atoms with Crippen molar-refractivity contribution in [1.29, 1.82) is 0 Å². The van der Waals surface area contributed by atoms with Gasteiger partial charge in [0.05, 0.1) is 18.3 Å². The van der Waals surface area contributed by atoms with Crippen molar-refractivity contribution in [3.63, 3.8) is 0 Å². The molecule has 0 amide bonds. The van der Waals surface area contributed by atoms with Gasteiger partial charge in [0.2, 0.25) is 0 Å². The Bertz CT molecular complexity index is 151.